The summed E-state index contributed by atoms with van der Waals surface area (Å²) in [5, 5.41) is 12.4. The summed E-state index contributed by atoms with van der Waals surface area (Å²) in [6.45, 7) is 5.28. The maximum absolute atomic E-state index is 13.0. The van der Waals surface area contributed by atoms with Crippen molar-refractivity contribution in [2.24, 2.45) is 0 Å². The number of allylic oxidation sites excluding steroid dienone is 5. The minimum atomic E-state index is -0.348. The summed E-state index contributed by atoms with van der Waals surface area (Å²) >= 11 is 0. The average Bonchev–Trinajstić information content (AvgIpc) is 2.77. The van der Waals surface area contributed by atoms with Crippen LogP contribution in [0.25, 0.3) is 0 Å². The summed E-state index contributed by atoms with van der Waals surface area (Å²) in [6.07, 6.45) is 9.25. The Morgan fingerprint density at radius 3 is 2.94 bits per heavy atom. The number of urea groups is 1. The quantitative estimate of drug-likeness (QED) is 0.288. The van der Waals surface area contributed by atoms with Gasteiger partial charge in [0.2, 0.25) is 0 Å². The van der Waals surface area contributed by atoms with E-state index in [2.05, 4.69) is 16.4 Å². The maximum atomic E-state index is 13.0. The van der Waals surface area contributed by atoms with Crippen molar-refractivity contribution in [3.8, 4) is 6.07 Å². The van der Waals surface area contributed by atoms with Crippen LogP contribution in [0.5, 0.6) is 0 Å². The average molecular weight is 437 g/mol. The molecule has 3 rings (SSSR count). The topological polar surface area (TPSA) is 105 Å². The van der Waals surface area contributed by atoms with Crippen LogP contribution in [0.15, 0.2) is 47.4 Å². The minimum absolute atomic E-state index is 0.0198. The number of aryl methyl sites for hydroxylation is 1. The molecule has 0 aliphatic carbocycles. The lowest BCUT2D eigenvalue weighted by atomic mass is 10.1. The molecule has 1 N–H and O–H groups in total. The third-order valence-electron chi connectivity index (χ3n) is 5.20. The summed E-state index contributed by atoms with van der Waals surface area (Å²) in [6, 6.07) is 5.31. The SMILES string of the molecule is CC/C=C/C(C#N)=C(\C=C(/C)NC(=O)N1CCCc2ccc(C=O)nc21)OCC1CCO1. The number of nitriles is 1. The zero-order valence-electron chi connectivity index (χ0n) is 18.5. The van der Waals surface area contributed by atoms with Gasteiger partial charge in [-0.15, -0.1) is 0 Å². The molecule has 1 fully saturated rings. The van der Waals surface area contributed by atoms with Gasteiger partial charge in [-0.2, -0.15) is 5.26 Å². The first-order chi connectivity index (χ1) is 15.5. The van der Waals surface area contributed by atoms with Crippen molar-refractivity contribution in [3.05, 3.63) is 58.6 Å². The van der Waals surface area contributed by atoms with Crippen LogP contribution in [0.2, 0.25) is 0 Å². The molecular formula is C24H28N4O4. The highest BCUT2D eigenvalue weighted by Gasteiger charge is 2.25. The molecular weight excluding hydrogens is 408 g/mol. The van der Waals surface area contributed by atoms with E-state index < -0.39 is 0 Å². The molecule has 0 spiro atoms. The van der Waals surface area contributed by atoms with E-state index in [1.165, 1.54) is 4.90 Å². The number of ether oxygens (including phenoxy) is 2. The second-order valence-electron chi connectivity index (χ2n) is 7.64. The fourth-order valence-electron chi connectivity index (χ4n) is 3.39. The van der Waals surface area contributed by atoms with Gasteiger partial charge >= 0.3 is 6.03 Å². The lowest BCUT2D eigenvalue weighted by Crippen LogP contribution is -2.42. The number of carbonyl (C=O) groups is 2. The summed E-state index contributed by atoms with van der Waals surface area (Å²) in [7, 11) is 0. The number of aldehydes is 1. The van der Waals surface area contributed by atoms with Crippen molar-refractivity contribution >= 4 is 18.1 Å². The van der Waals surface area contributed by atoms with Crippen LogP contribution in [0, 0.1) is 11.3 Å². The summed E-state index contributed by atoms with van der Waals surface area (Å²) in [5.41, 5.74) is 2.12. The van der Waals surface area contributed by atoms with Crippen LogP contribution in [-0.2, 0) is 15.9 Å². The first-order valence-corrected chi connectivity index (χ1v) is 10.8. The van der Waals surface area contributed by atoms with Crippen LogP contribution < -0.4 is 10.2 Å². The van der Waals surface area contributed by atoms with Crippen molar-refractivity contribution in [3.63, 3.8) is 0 Å². The van der Waals surface area contributed by atoms with Gasteiger partial charge in [0.1, 0.15) is 29.9 Å². The molecule has 168 valence electrons. The number of aromatic nitrogens is 1. The zero-order chi connectivity index (χ0) is 22.9. The molecule has 0 aromatic carbocycles. The van der Waals surface area contributed by atoms with Crippen LogP contribution >= 0.6 is 0 Å². The zero-order valence-corrected chi connectivity index (χ0v) is 18.5. The second-order valence-corrected chi connectivity index (χ2v) is 7.64. The highest BCUT2D eigenvalue weighted by Crippen LogP contribution is 2.25. The summed E-state index contributed by atoms with van der Waals surface area (Å²) in [4.78, 5) is 30.0. The number of amides is 2. The van der Waals surface area contributed by atoms with Gasteiger partial charge in [-0.3, -0.25) is 9.69 Å². The normalized spacial score (nSPS) is 18.8. The van der Waals surface area contributed by atoms with Crippen molar-refractivity contribution in [1.82, 2.24) is 10.3 Å². The molecule has 0 saturated carbocycles. The van der Waals surface area contributed by atoms with Gasteiger partial charge in [-0.1, -0.05) is 19.1 Å². The van der Waals surface area contributed by atoms with Crippen LogP contribution in [-0.4, -0.2) is 43.2 Å². The first kappa shape index (κ1) is 23.2. The Morgan fingerprint density at radius 1 is 1.47 bits per heavy atom. The van der Waals surface area contributed by atoms with E-state index in [1.54, 1.807) is 25.1 Å². The van der Waals surface area contributed by atoms with Crippen molar-refractivity contribution in [2.75, 3.05) is 24.7 Å². The van der Waals surface area contributed by atoms with Crippen molar-refractivity contribution in [2.45, 2.75) is 45.6 Å². The molecule has 2 aliphatic rings. The Balaban J connectivity index is 1.79. The Hall–Kier alpha value is -3.44. The highest BCUT2D eigenvalue weighted by molar-refractivity contribution is 5.93. The Labute approximate surface area is 188 Å². The summed E-state index contributed by atoms with van der Waals surface area (Å²) < 4.78 is 11.3. The van der Waals surface area contributed by atoms with Gasteiger partial charge < -0.3 is 14.8 Å². The number of anilines is 1. The van der Waals surface area contributed by atoms with Gasteiger partial charge in [-0.25, -0.2) is 9.78 Å². The number of nitrogens with one attached hydrogen (secondary N) is 1. The van der Waals surface area contributed by atoms with Crippen LogP contribution in [0.1, 0.15) is 49.2 Å². The second kappa shape index (κ2) is 11.3. The van der Waals surface area contributed by atoms with E-state index in [9.17, 15) is 14.9 Å². The molecule has 0 bridgehead atoms. The predicted molar refractivity (Wildman–Crippen MR) is 120 cm³/mol. The van der Waals surface area contributed by atoms with Gasteiger partial charge in [0.05, 0.1) is 11.7 Å². The molecule has 1 aromatic rings. The smallest absolute Gasteiger partial charge is 0.327 e. The number of carbonyl (C=O) groups excluding carboxylic acids is 2. The largest absolute Gasteiger partial charge is 0.489 e. The molecule has 2 aliphatic heterocycles. The lowest BCUT2D eigenvalue weighted by Gasteiger charge is -2.28. The van der Waals surface area contributed by atoms with E-state index in [4.69, 9.17) is 9.47 Å². The van der Waals surface area contributed by atoms with E-state index >= 15 is 0 Å². The van der Waals surface area contributed by atoms with E-state index in [0.29, 0.717) is 42.3 Å². The van der Waals surface area contributed by atoms with Gasteiger partial charge in [0.25, 0.3) is 0 Å². The third kappa shape index (κ3) is 5.83. The number of hydrogen-bond donors (Lipinski definition) is 1. The van der Waals surface area contributed by atoms with Crippen LogP contribution in [0.3, 0.4) is 0 Å². The number of rotatable bonds is 8. The lowest BCUT2D eigenvalue weighted by molar-refractivity contribution is -0.0823. The molecule has 1 aromatic heterocycles. The fraction of sp³-hybridized carbons (Fsp3) is 0.417. The molecule has 32 heavy (non-hydrogen) atoms. The van der Waals surface area contributed by atoms with E-state index in [0.717, 1.165) is 37.9 Å². The third-order valence-corrected chi connectivity index (χ3v) is 5.20. The fourth-order valence-corrected chi connectivity index (χ4v) is 3.39. The Morgan fingerprint density at radius 2 is 2.28 bits per heavy atom. The minimum Gasteiger partial charge on any atom is -0.489 e. The molecule has 1 saturated heterocycles. The number of hydrogen-bond acceptors (Lipinski definition) is 6. The van der Waals surface area contributed by atoms with E-state index in [1.807, 2.05) is 19.1 Å². The Kier molecular flexibility index (Phi) is 8.17. The standard InChI is InChI=1S/C24H28N4O4/c1-3-4-6-19(14-25)22(32-16-21-10-12-31-21)13-17(2)26-24(30)28-11-5-7-18-8-9-20(15-29)27-23(18)28/h4,6,8-9,13,15,21H,3,5,7,10-12,16H2,1-2H3,(H,26,30)/b6-4+,17-13+,22-19-. The molecule has 8 nitrogen and oxygen atoms in total. The van der Waals surface area contributed by atoms with Gasteiger partial charge in [-0.05, 0) is 43.9 Å². The number of nitrogens with zero attached hydrogens (tertiary/aromatic N) is 3. The molecule has 1 unspecified atom stereocenters. The molecule has 8 heteroatoms. The first-order valence-electron chi connectivity index (χ1n) is 10.8. The molecule has 3 heterocycles. The van der Waals surface area contributed by atoms with E-state index in [-0.39, 0.29) is 17.8 Å². The van der Waals surface area contributed by atoms with Gasteiger partial charge in [0.15, 0.2) is 6.29 Å². The molecule has 1 atom stereocenters. The van der Waals surface area contributed by atoms with Crippen LogP contribution in [0.4, 0.5) is 10.6 Å². The maximum Gasteiger partial charge on any atom is 0.327 e. The summed E-state index contributed by atoms with van der Waals surface area (Å²) in [5.74, 6) is 0.884. The number of fused-ring (bicyclic) bond motifs is 1. The van der Waals surface area contributed by atoms with Gasteiger partial charge in [0, 0.05) is 31.3 Å². The number of pyridine rings is 1. The molecule has 0 radical (unpaired) electrons. The highest BCUT2D eigenvalue weighted by atomic mass is 16.5. The molecule has 2 amide bonds. The Bertz CT molecular complexity index is 986. The predicted octanol–water partition coefficient (Wildman–Crippen LogP) is 3.81. The monoisotopic (exact) mass is 436 g/mol. The van der Waals surface area contributed by atoms with Crippen molar-refractivity contribution < 1.29 is 19.1 Å². The van der Waals surface area contributed by atoms with Crippen molar-refractivity contribution in [1.29, 1.82) is 5.26 Å².